The molecule has 0 aliphatic heterocycles. The Morgan fingerprint density at radius 3 is 3.00 bits per heavy atom. The molecular formula is C10H13N5. The highest BCUT2D eigenvalue weighted by atomic mass is 15.1. The number of rotatable bonds is 3. The lowest BCUT2D eigenvalue weighted by molar-refractivity contribution is 0.833. The van der Waals surface area contributed by atoms with Crippen LogP contribution in [0, 0.1) is 0 Å². The highest BCUT2D eigenvalue weighted by molar-refractivity contribution is 5.81. The summed E-state index contributed by atoms with van der Waals surface area (Å²) in [6.07, 6.45) is 8.41. The maximum atomic E-state index is 5.68. The standard InChI is InChI=1S/C10H13N5/c1-2-3-4-5-15-7-14-8-9(11)12-6-13-10(8)15/h3-4,6-7H,2,5H2,1H3,(H2,11,12,13)/b4-3+. The fourth-order valence-electron chi connectivity index (χ4n) is 1.39. The van der Waals surface area contributed by atoms with Crippen molar-refractivity contribution in [3.8, 4) is 0 Å². The van der Waals surface area contributed by atoms with Crippen molar-refractivity contribution in [3.63, 3.8) is 0 Å². The highest BCUT2D eigenvalue weighted by Gasteiger charge is 2.05. The van der Waals surface area contributed by atoms with Crippen LogP contribution in [0.25, 0.3) is 11.2 Å². The van der Waals surface area contributed by atoms with Crippen LogP contribution in [0.3, 0.4) is 0 Å². The van der Waals surface area contributed by atoms with Crippen molar-refractivity contribution >= 4 is 17.0 Å². The van der Waals surface area contributed by atoms with Gasteiger partial charge in [-0.15, -0.1) is 0 Å². The summed E-state index contributed by atoms with van der Waals surface area (Å²) >= 11 is 0. The van der Waals surface area contributed by atoms with Gasteiger partial charge >= 0.3 is 0 Å². The predicted octanol–water partition coefficient (Wildman–Crippen LogP) is 1.37. The number of anilines is 1. The van der Waals surface area contributed by atoms with Crippen molar-refractivity contribution in [1.82, 2.24) is 19.5 Å². The summed E-state index contributed by atoms with van der Waals surface area (Å²) in [4.78, 5) is 12.2. The SMILES string of the molecule is CC/C=C/Cn1cnc2c(N)ncnc21. The lowest BCUT2D eigenvalue weighted by Gasteiger charge is -1.98. The summed E-state index contributed by atoms with van der Waals surface area (Å²) in [7, 11) is 0. The van der Waals surface area contributed by atoms with Crippen LogP contribution in [0.5, 0.6) is 0 Å². The molecule has 0 aromatic carbocycles. The average Bonchev–Trinajstić information content (AvgIpc) is 2.64. The van der Waals surface area contributed by atoms with E-state index in [4.69, 9.17) is 5.73 Å². The molecule has 2 heterocycles. The molecule has 0 amide bonds. The molecule has 5 nitrogen and oxygen atoms in total. The molecule has 0 aliphatic rings. The van der Waals surface area contributed by atoms with Gasteiger partial charge < -0.3 is 10.3 Å². The third-order valence-corrected chi connectivity index (χ3v) is 2.13. The van der Waals surface area contributed by atoms with E-state index < -0.39 is 0 Å². The van der Waals surface area contributed by atoms with Crippen LogP contribution in [0.15, 0.2) is 24.8 Å². The average molecular weight is 203 g/mol. The fourth-order valence-corrected chi connectivity index (χ4v) is 1.39. The zero-order valence-electron chi connectivity index (χ0n) is 8.59. The van der Waals surface area contributed by atoms with Crippen molar-refractivity contribution in [2.75, 3.05) is 5.73 Å². The molecule has 78 valence electrons. The summed E-state index contributed by atoms with van der Waals surface area (Å²) in [6, 6.07) is 0. The minimum atomic E-state index is 0.429. The van der Waals surface area contributed by atoms with E-state index in [1.165, 1.54) is 6.33 Å². The van der Waals surface area contributed by atoms with Gasteiger partial charge in [0.1, 0.15) is 11.8 Å². The second-order valence-corrected chi connectivity index (χ2v) is 3.21. The van der Waals surface area contributed by atoms with Gasteiger partial charge in [0.05, 0.1) is 6.33 Å². The Labute approximate surface area is 87.7 Å². The molecule has 0 fully saturated rings. The molecule has 0 unspecified atom stereocenters. The minimum absolute atomic E-state index is 0.429. The quantitative estimate of drug-likeness (QED) is 0.765. The van der Waals surface area contributed by atoms with Crippen LogP contribution in [0.2, 0.25) is 0 Å². The first-order valence-corrected chi connectivity index (χ1v) is 4.89. The van der Waals surface area contributed by atoms with E-state index in [-0.39, 0.29) is 0 Å². The normalized spacial score (nSPS) is 11.5. The number of imidazole rings is 1. The number of hydrogen-bond donors (Lipinski definition) is 1. The van der Waals surface area contributed by atoms with Gasteiger partial charge in [-0.1, -0.05) is 19.1 Å². The maximum absolute atomic E-state index is 5.68. The molecule has 2 aromatic heterocycles. The van der Waals surface area contributed by atoms with Gasteiger partial charge in [-0.3, -0.25) is 0 Å². The van der Waals surface area contributed by atoms with E-state index in [2.05, 4.69) is 34.0 Å². The fraction of sp³-hybridized carbons (Fsp3) is 0.300. The van der Waals surface area contributed by atoms with Gasteiger partial charge in [0.2, 0.25) is 0 Å². The van der Waals surface area contributed by atoms with Crippen molar-refractivity contribution < 1.29 is 0 Å². The van der Waals surface area contributed by atoms with Crippen molar-refractivity contribution in [1.29, 1.82) is 0 Å². The Morgan fingerprint density at radius 2 is 2.20 bits per heavy atom. The molecule has 2 N–H and O–H groups in total. The summed E-state index contributed by atoms with van der Waals surface area (Å²) < 4.78 is 1.94. The highest BCUT2D eigenvalue weighted by Crippen LogP contribution is 2.13. The smallest absolute Gasteiger partial charge is 0.165 e. The molecule has 0 saturated heterocycles. The second kappa shape index (κ2) is 4.08. The lowest BCUT2D eigenvalue weighted by atomic mass is 10.4. The summed E-state index contributed by atoms with van der Waals surface area (Å²) in [6.45, 7) is 2.86. The Morgan fingerprint density at radius 1 is 1.33 bits per heavy atom. The summed E-state index contributed by atoms with van der Waals surface area (Å²) in [5.74, 6) is 0.429. The monoisotopic (exact) mass is 203 g/mol. The number of nitrogens with two attached hydrogens (primary N) is 1. The van der Waals surface area contributed by atoms with E-state index in [9.17, 15) is 0 Å². The van der Waals surface area contributed by atoms with Crippen LogP contribution in [0.4, 0.5) is 5.82 Å². The van der Waals surface area contributed by atoms with E-state index in [0.717, 1.165) is 18.6 Å². The molecular weight excluding hydrogens is 190 g/mol. The van der Waals surface area contributed by atoms with Gasteiger partial charge in [-0.05, 0) is 6.42 Å². The Kier molecular flexibility index (Phi) is 2.62. The Balaban J connectivity index is 2.37. The van der Waals surface area contributed by atoms with Crippen LogP contribution in [-0.2, 0) is 6.54 Å². The summed E-state index contributed by atoms with van der Waals surface area (Å²) in [5.41, 5.74) is 7.13. The van der Waals surface area contributed by atoms with Crippen LogP contribution in [0.1, 0.15) is 13.3 Å². The molecule has 15 heavy (non-hydrogen) atoms. The number of fused-ring (bicyclic) bond motifs is 1. The third-order valence-electron chi connectivity index (χ3n) is 2.13. The first kappa shape index (κ1) is 9.64. The summed E-state index contributed by atoms with van der Waals surface area (Å²) in [5, 5.41) is 0. The predicted molar refractivity (Wildman–Crippen MR) is 59.2 cm³/mol. The lowest BCUT2D eigenvalue weighted by Crippen LogP contribution is -1.97. The van der Waals surface area contributed by atoms with Crippen LogP contribution >= 0.6 is 0 Å². The number of aromatic nitrogens is 4. The zero-order chi connectivity index (χ0) is 10.7. The van der Waals surface area contributed by atoms with Gasteiger partial charge in [-0.2, -0.15) is 0 Å². The Bertz CT molecular complexity index is 486. The number of hydrogen-bond acceptors (Lipinski definition) is 4. The number of allylic oxidation sites excluding steroid dienone is 2. The van der Waals surface area contributed by atoms with Crippen LogP contribution in [-0.4, -0.2) is 19.5 Å². The number of nitrogens with zero attached hydrogens (tertiary/aromatic N) is 4. The molecule has 0 bridgehead atoms. The molecule has 0 aliphatic carbocycles. The van der Waals surface area contributed by atoms with E-state index in [0.29, 0.717) is 11.3 Å². The molecule has 0 radical (unpaired) electrons. The largest absolute Gasteiger partial charge is 0.382 e. The van der Waals surface area contributed by atoms with Gasteiger partial charge in [0.25, 0.3) is 0 Å². The van der Waals surface area contributed by atoms with Crippen molar-refractivity contribution in [2.24, 2.45) is 0 Å². The maximum Gasteiger partial charge on any atom is 0.165 e. The zero-order valence-corrected chi connectivity index (χ0v) is 8.59. The minimum Gasteiger partial charge on any atom is -0.382 e. The van der Waals surface area contributed by atoms with E-state index in [1.54, 1.807) is 6.33 Å². The topological polar surface area (TPSA) is 69.6 Å². The molecule has 5 heteroatoms. The molecule has 2 rings (SSSR count). The molecule has 0 saturated carbocycles. The first-order valence-electron chi connectivity index (χ1n) is 4.89. The van der Waals surface area contributed by atoms with Gasteiger partial charge in [0.15, 0.2) is 11.5 Å². The Hall–Kier alpha value is -1.91. The van der Waals surface area contributed by atoms with Crippen LogP contribution < -0.4 is 5.73 Å². The molecule has 0 spiro atoms. The third kappa shape index (κ3) is 1.81. The number of nitrogen functional groups attached to an aromatic ring is 1. The molecule has 0 atom stereocenters. The van der Waals surface area contributed by atoms with Crippen molar-refractivity contribution in [2.45, 2.75) is 19.9 Å². The van der Waals surface area contributed by atoms with Gasteiger partial charge in [-0.25, -0.2) is 15.0 Å². The van der Waals surface area contributed by atoms with Gasteiger partial charge in [0, 0.05) is 6.54 Å². The van der Waals surface area contributed by atoms with E-state index >= 15 is 0 Å². The second-order valence-electron chi connectivity index (χ2n) is 3.21. The first-order chi connectivity index (χ1) is 7.33. The molecule has 2 aromatic rings. The van der Waals surface area contributed by atoms with Crippen molar-refractivity contribution in [3.05, 3.63) is 24.8 Å². The van der Waals surface area contributed by atoms with E-state index in [1.807, 2.05) is 4.57 Å².